The highest BCUT2D eigenvalue weighted by molar-refractivity contribution is 5.99. The van der Waals surface area contributed by atoms with Crippen molar-refractivity contribution in [1.29, 1.82) is 0 Å². The Hall–Kier alpha value is -3.73. The number of nitrogens with zero attached hydrogens (tertiary/aromatic N) is 4. The second-order valence-corrected chi connectivity index (χ2v) is 6.55. The Morgan fingerprint density at radius 1 is 0.929 bits per heavy atom. The Morgan fingerprint density at radius 2 is 1.57 bits per heavy atom. The first-order valence-electron chi connectivity index (χ1n) is 9.07. The zero-order chi connectivity index (χ0) is 19.3. The van der Waals surface area contributed by atoms with Crippen LogP contribution in [0, 0.1) is 0 Å². The molecule has 28 heavy (non-hydrogen) atoms. The predicted molar refractivity (Wildman–Crippen MR) is 109 cm³/mol. The number of benzene rings is 2. The maximum atomic E-state index is 13.2. The Bertz CT molecular complexity index is 1060. The van der Waals surface area contributed by atoms with Crippen LogP contribution in [0.3, 0.4) is 0 Å². The molecule has 0 saturated carbocycles. The molecule has 0 aliphatic rings. The second kappa shape index (κ2) is 7.88. The van der Waals surface area contributed by atoms with Crippen LogP contribution >= 0.6 is 0 Å². The third kappa shape index (κ3) is 3.69. The molecule has 0 radical (unpaired) electrons. The van der Waals surface area contributed by atoms with Gasteiger partial charge in [0.15, 0.2) is 0 Å². The maximum Gasteiger partial charge on any atom is 0.257 e. The summed E-state index contributed by atoms with van der Waals surface area (Å²) >= 11 is 0. The van der Waals surface area contributed by atoms with E-state index in [1.807, 2.05) is 79.0 Å². The van der Waals surface area contributed by atoms with E-state index in [1.165, 1.54) is 0 Å². The number of carbonyl (C=O) groups is 1. The van der Waals surface area contributed by atoms with Gasteiger partial charge in [-0.2, -0.15) is 5.10 Å². The van der Waals surface area contributed by atoms with Gasteiger partial charge in [0.1, 0.15) is 5.69 Å². The van der Waals surface area contributed by atoms with E-state index < -0.39 is 0 Å². The monoisotopic (exact) mass is 368 g/mol. The largest absolute Gasteiger partial charge is 0.337 e. The van der Waals surface area contributed by atoms with Gasteiger partial charge in [-0.05, 0) is 29.8 Å². The molecule has 0 saturated heterocycles. The lowest BCUT2D eigenvalue weighted by Gasteiger charge is -2.17. The molecule has 0 aliphatic carbocycles. The van der Waals surface area contributed by atoms with Gasteiger partial charge in [0, 0.05) is 37.7 Å². The summed E-state index contributed by atoms with van der Waals surface area (Å²) in [6, 6.07) is 23.4. The van der Waals surface area contributed by atoms with Crippen LogP contribution in [0.1, 0.15) is 15.9 Å². The fourth-order valence-electron chi connectivity index (χ4n) is 3.09. The van der Waals surface area contributed by atoms with E-state index in [-0.39, 0.29) is 5.91 Å². The van der Waals surface area contributed by atoms with Gasteiger partial charge in [-0.3, -0.25) is 9.78 Å². The van der Waals surface area contributed by atoms with Crippen LogP contribution in [0.15, 0.2) is 91.4 Å². The number of para-hydroxylation sites is 1. The van der Waals surface area contributed by atoms with Crippen LogP contribution in [-0.4, -0.2) is 32.6 Å². The Kier molecular flexibility index (Phi) is 4.97. The lowest BCUT2D eigenvalue weighted by molar-refractivity contribution is 0.0786. The van der Waals surface area contributed by atoms with E-state index in [0.717, 1.165) is 16.8 Å². The normalized spacial score (nSPS) is 10.6. The number of amides is 1. The third-order valence-electron chi connectivity index (χ3n) is 4.53. The average molecular weight is 368 g/mol. The summed E-state index contributed by atoms with van der Waals surface area (Å²) in [5.74, 6) is -0.0714. The van der Waals surface area contributed by atoms with Gasteiger partial charge in [-0.1, -0.05) is 48.5 Å². The fraction of sp³-hybridized carbons (Fsp3) is 0.0870. The zero-order valence-corrected chi connectivity index (χ0v) is 15.6. The summed E-state index contributed by atoms with van der Waals surface area (Å²) in [6.45, 7) is 0.506. The molecule has 0 spiro atoms. The predicted octanol–water partition coefficient (Wildman–Crippen LogP) is 4.21. The number of hydrogen-bond donors (Lipinski definition) is 0. The molecule has 0 N–H and O–H groups in total. The van der Waals surface area contributed by atoms with E-state index in [0.29, 0.717) is 17.8 Å². The first-order valence-corrected chi connectivity index (χ1v) is 9.07. The molecule has 5 heteroatoms. The number of aromatic nitrogens is 3. The van der Waals surface area contributed by atoms with Gasteiger partial charge >= 0.3 is 0 Å². The van der Waals surface area contributed by atoms with Crippen LogP contribution in [-0.2, 0) is 6.54 Å². The van der Waals surface area contributed by atoms with Crippen molar-refractivity contribution >= 4 is 5.91 Å². The summed E-state index contributed by atoms with van der Waals surface area (Å²) in [6.07, 6.45) is 5.27. The van der Waals surface area contributed by atoms with Crippen LogP contribution in [0.25, 0.3) is 16.9 Å². The van der Waals surface area contributed by atoms with Crippen molar-refractivity contribution in [3.8, 4) is 16.9 Å². The van der Waals surface area contributed by atoms with Crippen molar-refractivity contribution in [2.75, 3.05) is 7.05 Å². The van der Waals surface area contributed by atoms with Gasteiger partial charge in [-0.25, -0.2) is 4.68 Å². The van der Waals surface area contributed by atoms with Crippen molar-refractivity contribution in [3.63, 3.8) is 0 Å². The van der Waals surface area contributed by atoms with Crippen molar-refractivity contribution in [3.05, 3.63) is 103 Å². The number of hydrogen-bond acceptors (Lipinski definition) is 3. The smallest absolute Gasteiger partial charge is 0.257 e. The van der Waals surface area contributed by atoms with E-state index >= 15 is 0 Å². The zero-order valence-electron chi connectivity index (χ0n) is 15.6. The van der Waals surface area contributed by atoms with Crippen LogP contribution in [0.2, 0.25) is 0 Å². The molecule has 2 aromatic carbocycles. The van der Waals surface area contributed by atoms with Crippen LogP contribution in [0.4, 0.5) is 0 Å². The van der Waals surface area contributed by atoms with E-state index in [2.05, 4.69) is 4.98 Å². The Balaban J connectivity index is 1.72. The highest BCUT2D eigenvalue weighted by Crippen LogP contribution is 2.25. The molecule has 0 unspecified atom stereocenters. The summed E-state index contributed by atoms with van der Waals surface area (Å²) in [5.41, 5.74) is 4.11. The molecule has 4 aromatic rings. The minimum Gasteiger partial charge on any atom is -0.337 e. The molecule has 0 atom stereocenters. The molecule has 5 nitrogen and oxygen atoms in total. The van der Waals surface area contributed by atoms with Crippen LogP contribution in [0.5, 0.6) is 0 Å². The Labute approximate surface area is 163 Å². The van der Waals surface area contributed by atoms with E-state index in [4.69, 9.17) is 5.10 Å². The molecule has 4 rings (SSSR count). The van der Waals surface area contributed by atoms with Crippen molar-refractivity contribution in [1.82, 2.24) is 19.7 Å². The average Bonchev–Trinajstić information content (AvgIpc) is 3.20. The molecule has 2 heterocycles. The molecule has 138 valence electrons. The van der Waals surface area contributed by atoms with Gasteiger partial charge in [-0.15, -0.1) is 0 Å². The van der Waals surface area contributed by atoms with Gasteiger partial charge < -0.3 is 4.90 Å². The van der Waals surface area contributed by atoms with Crippen molar-refractivity contribution < 1.29 is 4.79 Å². The third-order valence-corrected chi connectivity index (χ3v) is 4.53. The summed E-state index contributed by atoms with van der Waals surface area (Å²) in [5, 5.41) is 4.72. The van der Waals surface area contributed by atoms with E-state index in [9.17, 15) is 4.79 Å². The highest BCUT2D eigenvalue weighted by atomic mass is 16.2. The topological polar surface area (TPSA) is 51.0 Å². The van der Waals surface area contributed by atoms with Gasteiger partial charge in [0.25, 0.3) is 5.91 Å². The number of carbonyl (C=O) groups excluding carboxylic acids is 1. The van der Waals surface area contributed by atoms with E-state index in [1.54, 1.807) is 29.0 Å². The lowest BCUT2D eigenvalue weighted by atomic mass is 10.1. The molecular formula is C23H20N4O. The first kappa shape index (κ1) is 17.7. The second-order valence-electron chi connectivity index (χ2n) is 6.55. The first-order chi connectivity index (χ1) is 13.7. The molecule has 0 bridgehead atoms. The van der Waals surface area contributed by atoms with Gasteiger partial charge in [0.2, 0.25) is 0 Å². The standard InChI is InChI=1S/C23H20N4O/c1-26(16-18-12-14-24-15-13-18)23(28)21-17-27(20-10-6-3-7-11-20)25-22(21)19-8-4-2-5-9-19/h2-15,17H,16H2,1H3. The fourth-order valence-corrected chi connectivity index (χ4v) is 3.09. The van der Waals surface area contributed by atoms with Crippen molar-refractivity contribution in [2.24, 2.45) is 0 Å². The molecule has 2 aromatic heterocycles. The number of rotatable bonds is 5. The summed E-state index contributed by atoms with van der Waals surface area (Å²) in [7, 11) is 1.80. The minimum absolute atomic E-state index is 0.0714. The van der Waals surface area contributed by atoms with Crippen molar-refractivity contribution in [2.45, 2.75) is 6.54 Å². The highest BCUT2D eigenvalue weighted by Gasteiger charge is 2.21. The molecular weight excluding hydrogens is 348 g/mol. The maximum absolute atomic E-state index is 13.2. The minimum atomic E-state index is -0.0714. The lowest BCUT2D eigenvalue weighted by Crippen LogP contribution is -2.26. The number of pyridine rings is 1. The summed E-state index contributed by atoms with van der Waals surface area (Å²) < 4.78 is 1.76. The SMILES string of the molecule is CN(Cc1ccncc1)C(=O)c1cn(-c2ccccc2)nc1-c1ccccc1. The molecule has 1 amide bonds. The summed E-state index contributed by atoms with van der Waals surface area (Å²) in [4.78, 5) is 19.0. The quantitative estimate of drug-likeness (QED) is 0.530. The molecule has 0 fully saturated rings. The Morgan fingerprint density at radius 3 is 2.25 bits per heavy atom. The van der Waals surface area contributed by atoms with Crippen LogP contribution < -0.4 is 0 Å². The van der Waals surface area contributed by atoms with Gasteiger partial charge in [0.05, 0.1) is 11.3 Å². The molecule has 0 aliphatic heterocycles.